The fourth-order valence-corrected chi connectivity index (χ4v) is 2.96. The predicted octanol–water partition coefficient (Wildman–Crippen LogP) is 1.53. The van der Waals surface area contributed by atoms with Crippen molar-refractivity contribution in [3.8, 4) is 5.75 Å². The second-order valence-corrected chi connectivity index (χ2v) is 5.71. The molecule has 1 aliphatic rings. The molecular formula is C17H27NO5. The number of ether oxygens (including phenoxy) is 5. The minimum atomic E-state index is -0.0581. The normalized spacial score (nSPS) is 25.0. The summed E-state index contributed by atoms with van der Waals surface area (Å²) in [5.74, 6) is 0.863. The molecule has 0 N–H and O–H groups in total. The van der Waals surface area contributed by atoms with Crippen molar-refractivity contribution in [3.63, 3.8) is 0 Å². The van der Waals surface area contributed by atoms with E-state index in [1.165, 1.54) is 5.56 Å². The van der Waals surface area contributed by atoms with E-state index >= 15 is 0 Å². The van der Waals surface area contributed by atoms with Gasteiger partial charge in [0.25, 0.3) is 0 Å². The van der Waals surface area contributed by atoms with Crippen LogP contribution in [0.3, 0.4) is 0 Å². The van der Waals surface area contributed by atoms with Crippen molar-refractivity contribution in [1.29, 1.82) is 0 Å². The third-order valence-electron chi connectivity index (χ3n) is 4.16. The molecule has 23 heavy (non-hydrogen) atoms. The summed E-state index contributed by atoms with van der Waals surface area (Å²) in [6, 6.07) is 8.36. The summed E-state index contributed by atoms with van der Waals surface area (Å²) in [6.07, 6.45) is 0.789. The standard InChI is InChI=1S/C17H27NO5/c1-18-10-16(22-11-19-2)17(23-12-20-3)15(18)9-13-5-7-14(21-4)8-6-13/h5-8,15-17H,9-12H2,1-4H3/t15-,16+,17+/m1/s1. The Kier molecular flexibility index (Phi) is 7.26. The Morgan fingerprint density at radius 1 is 1.00 bits per heavy atom. The minimum Gasteiger partial charge on any atom is -0.497 e. The molecule has 0 aliphatic carbocycles. The van der Waals surface area contributed by atoms with Crippen LogP contribution in [0.2, 0.25) is 0 Å². The Bertz CT molecular complexity index is 453. The molecule has 1 saturated heterocycles. The number of likely N-dealkylation sites (tertiary alicyclic amines) is 1. The number of methoxy groups -OCH3 is 3. The number of benzene rings is 1. The van der Waals surface area contributed by atoms with Gasteiger partial charge in [0, 0.05) is 26.8 Å². The van der Waals surface area contributed by atoms with Crippen LogP contribution in [-0.2, 0) is 25.4 Å². The Morgan fingerprint density at radius 2 is 1.65 bits per heavy atom. The second kappa shape index (κ2) is 9.20. The van der Waals surface area contributed by atoms with Gasteiger partial charge in [0.1, 0.15) is 31.5 Å². The van der Waals surface area contributed by atoms with Crippen LogP contribution in [0, 0.1) is 0 Å². The number of rotatable bonds is 9. The predicted molar refractivity (Wildman–Crippen MR) is 86.6 cm³/mol. The number of hydrogen-bond acceptors (Lipinski definition) is 6. The van der Waals surface area contributed by atoms with Crippen LogP contribution in [0.1, 0.15) is 5.56 Å². The summed E-state index contributed by atoms with van der Waals surface area (Å²) in [6.45, 7) is 1.32. The van der Waals surface area contributed by atoms with Gasteiger partial charge in [0.2, 0.25) is 0 Å². The van der Waals surface area contributed by atoms with Gasteiger partial charge in [0.15, 0.2) is 0 Å². The van der Waals surface area contributed by atoms with E-state index in [2.05, 4.69) is 24.1 Å². The van der Waals surface area contributed by atoms with Gasteiger partial charge in [-0.2, -0.15) is 0 Å². The van der Waals surface area contributed by atoms with Crippen LogP contribution in [0.5, 0.6) is 5.75 Å². The third kappa shape index (κ3) is 4.89. The molecule has 1 heterocycles. The van der Waals surface area contributed by atoms with E-state index in [1.54, 1.807) is 21.3 Å². The largest absolute Gasteiger partial charge is 0.497 e. The lowest BCUT2D eigenvalue weighted by Crippen LogP contribution is -2.39. The zero-order valence-electron chi connectivity index (χ0n) is 14.4. The van der Waals surface area contributed by atoms with Gasteiger partial charge in [-0.05, 0) is 31.2 Å². The first-order valence-corrected chi connectivity index (χ1v) is 7.73. The highest BCUT2D eigenvalue weighted by Crippen LogP contribution is 2.26. The van der Waals surface area contributed by atoms with E-state index in [9.17, 15) is 0 Å². The lowest BCUT2D eigenvalue weighted by atomic mass is 10.0. The summed E-state index contributed by atoms with van der Waals surface area (Å²) in [4.78, 5) is 2.27. The molecule has 1 aliphatic heterocycles. The molecular weight excluding hydrogens is 298 g/mol. The topological polar surface area (TPSA) is 49.4 Å². The molecule has 0 spiro atoms. The summed E-state index contributed by atoms with van der Waals surface area (Å²) >= 11 is 0. The van der Waals surface area contributed by atoms with E-state index in [1.807, 2.05) is 12.1 Å². The first-order chi connectivity index (χ1) is 11.2. The molecule has 0 bridgehead atoms. The van der Waals surface area contributed by atoms with Crippen LogP contribution >= 0.6 is 0 Å². The lowest BCUT2D eigenvalue weighted by Gasteiger charge is -2.26. The van der Waals surface area contributed by atoms with Crippen molar-refractivity contribution in [2.75, 3.05) is 48.5 Å². The molecule has 6 heteroatoms. The molecule has 0 unspecified atom stereocenters. The van der Waals surface area contributed by atoms with Crippen LogP contribution in [0.25, 0.3) is 0 Å². The molecule has 130 valence electrons. The molecule has 1 fully saturated rings. The SMILES string of the molecule is COCO[C@@H]1[C@@H](OCOC)CN(C)[C@@H]1Cc1ccc(OC)cc1. The molecule has 0 aromatic heterocycles. The average Bonchev–Trinajstić information content (AvgIpc) is 2.87. The minimum absolute atomic E-state index is 0.0293. The molecule has 2 rings (SSSR count). The Morgan fingerprint density at radius 3 is 2.26 bits per heavy atom. The van der Waals surface area contributed by atoms with Gasteiger partial charge in [0.05, 0.1) is 7.11 Å². The fraction of sp³-hybridized carbons (Fsp3) is 0.647. The monoisotopic (exact) mass is 325 g/mol. The Hall–Kier alpha value is -1.18. The smallest absolute Gasteiger partial charge is 0.146 e. The van der Waals surface area contributed by atoms with Crippen molar-refractivity contribution in [3.05, 3.63) is 29.8 Å². The summed E-state index contributed by atoms with van der Waals surface area (Å²) in [5, 5.41) is 0. The summed E-state index contributed by atoms with van der Waals surface area (Å²) < 4.78 is 27.0. The number of likely N-dealkylation sites (N-methyl/N-ethyl adjacent to an activating group) is 1. The highest BCUT2D eigenvalue weighted by atomic mass is 16.7. The van der Waals surface area contributed by atoms with Crippen LogP contribution in [0.4, 0.5) is 0 Å². The molecule has 6 nitrogen and oxygen atoms in total. The lowest BCUT2D eigenvalue weighted by molar-refractivity contribution is -0.146. The van der Waals surface area contributed by atoms with Gasteiger partial charge in [-0.3, -0.25) is 4.90 Å². The van der Waals surface area contributed by atoms with Crippen molar-refractivity contribution < 1.29 is 23.7 Å². The molecule has 1 aromatic rings. The molecule has 0 radical (unpaired) electrons. The zero-order chi connectivity index (χ0) is 16.7. The molecule has 0 saturated carbocycles. The summed E-state index contributed by atoms with van der Waals surface area (Å²) in [5.41, 5.74) is 1.24. The first-order valence-electron chi connectivity index (χ1n) is 7.73. The van der Waals surface area contributed by atoms with E-state index in [0.717, 1.165) is 18.7 Å². The Balaban J connectivity index is 2.05. The Labute approximate surface area is 138 Å². The van der Waals surface area contributed by atoms with E-state index < -0.39 is 0 Å². The highest BCUT2D eigenvalue weighted by molar-refractivity contribution is 5.28. The van der Waals surface area contributed by atoms with Gasteiger partial charge in [-0.15, -0.1) is 0 Å². The first kappa shape index (κ1) is 18.2. The number of hydrogen-bond donors (Lipinski definition) is 0. The van der Waals surface area contributed by atoms with Gasteiger partial charge in [-0.1, -0.05) is 12.1 Å². The van der Waals surface area contributed by atoms with Crippen LogP contribution in [-0.4, -0.2) is 71.7 Å². The zero-order valence-corrected chi connectivity index (χ0v) is 14.4. The van der Waals surface area contributed by atoms with Crippen LogP contribution in [0.15, 0.2) is 24.3 Å². The quantitative estimate of drug-likeness (QED) is 0.642. The van der Waals surface area contributed by atoms with Gasteiger partial charge >= 0.3 is 0 Å². The van der Waals surface area contributed by atoms with E-state index in [-0.39, 0.29) is 31.8 Å². The third-order valence-corrected chi connectivity index (χ3v) is 4.16. The van der Waals surface area contributed by atoms with Crippen molar-refractivity contribution in [1.82, 2.24) is 4.90 Å². The molecule has 0 amide bonds. The number of nitrogens with zero attached hydrogens (tertiary/aromatic N) is 1. The van der Waals surface area contributed by atoms with Crippen molar-refractivity contribution in [2.45, 2.75) is 24.7 Å². The maximum Gasteiger partial charge on any atom is 0.146 e. The second-order valence-electron chi connectivity index (χ2n) is 5.71. The fourth-order valence-electron chi connectivity index (χ4n) is 2.96. The average molecular weight is 325 g/mol. The maximum absolute atomic E-state index is 5.89. The van der Waals surface area contributed by atoms with E-state index in [4.69, 9.17) is 23.7 Å². The van der Waals surface area contributed by atoms with Crippen molar-refractivity contribution >= 4 is 0 Å². The van der Waals surface area contributed by atoms with Crippen LogP contribution < -0.4 is 4.74 Å². The highest BCUT2D eigenvalue weighted by Gasteiger charge is 2.41. The van der Waals surface area contributed by atoms with Crippen molar-refractivity contribution in [2.24, 2.45) is 0 Å². The molecule has 1 aromatic carbocycles. The summed E-state index contributed by atoms with van der Waals surface area (Å²) in [7, 11) is 7.01. The maximum atomic E-state index is 5.89. The van der Waals surface area contributed by atoms with Gasteiger partial charge < -0.3 is 23.7 Å². The molecule has 3 atom stereocenters. The van der Waals surface area contributed by atoms with E-state index in [0.29, 0.717) is 0 Å². The van der Waals surface area contributed by atoms with Gasteiger partial charge in [-0.25, -0.2) is 0 Å².